The summed E-state index contributed by atoms with van der Waals surface area (Å²) in [5, 5.41) is 19.1. The van der Waals surface area contributed by atoms with Crippen molar-refractivity contribution >= 4 is 6.88 Å². The molecule has 2 aromatic carbocycles. The quantitative estimate of drug-likeness (QED) is 0.207. The fourth-order valence-corrected chi connectivity index (χ4v) is 4.61. The fourth-order valence-electron chi connectivity index (χ4n) is 4.61. The van der Waals surface area contributed by atoms with Crippen molar-refractivity contribution in [3.8, 4) is 11.5 Å². The third-order valence-corrected chi connectivity index (χ3v) is 7.51. The van der Waals surface area contributed by atoms with Gasteiger partial charge in [0.25, 0.3) is 0 Å². The summed E-state index contributed by atoms with van der Waals surface area (Å²) in [5.41, 5.74) is 7.90. The Kier molecular flexibility index (Phi) is 25.6. The molecule has 0 aliphatic heterocycles. The van der Waals surface area contributed by atoms with E-state index in [4.69, 9.17) is 0 Å². The first kappa shape index (κ1) is 52.5. The van der Waals surface area contributed by atoms with Crippen LogP contribution in [0.3, 0.4) is 0 Å². The number of aryl methyl sites for hydroxylation is 2. The molecular weight excluding hydrogens is 704 g/mol. The minimum atomic E-state index is 0.0239. The Balaban J connectivity index is -0.000000561. The topological polar surface area (TPSA) is 40.5 Å². The first-order chi connectivity index (χ1) is 22.8. The zero-order valence-corrected chi connectivity index (χ0v) is 38.7. The van der Waals surface area contributed by atoms with Gasteiger partial charge in [-0.1, -0.05) is 155 Å². The van der Waals surface area contributed by atoms with Crippen molar-refractivity contribution in [2.45, 2.75) is 135 Å². The molecule has 0 heterocycles. The Morgan fingerprint density at radius 2 is 0.800 bits per heavy atom. The van der Waals surface area contributed by atoms with Gasteiger partial charge in [0, 0.05) is 0 Å². The molecule has 2 N–H and O–H groups in total. The maximum atomic E-state index is 9.57. The molecule has 4 rings (SSSR count). The Hall–Kier alpha value is -1.90. The monoisotopic (exact) mass is 774 g/mol. The van der Waals surface area contributed by atoms with E-state index in [-0.39, 0.29) is 10.8 Å². The zero-order chi connectivity index (χ0) is 40.3. The summed E-state index contributed by atoms with van der Waals surface area (Å²) < 4.78 is 0. The second kappa shape index (κ2) is 24.4. The molecule has 2 atom stereocenters. The normalized spacial score (nSPS) is 16.0. The second-order valence-electron chi connectivity index (χ2n) is 16.5. The summed E-state index contributed by atoms with van der Waals surface area (Å²) in [7, 11) is 0. The van der Waals surface area contributed by atoms with Gasteiger partial charge in [0.1, 0.15) is 11.5 Å². The Morgan fingerprint density at radius 1 is 0.540 bits per heavy atom. The van der Waals surface area contributed by atoms with Crippen molar-refractivity contribution in [3.63, 3.8) is 0 Å². The van der Waals surface area contributed by atoms with E-state index in [1.54, 1.807) is 26.0 Å². The van der Waals surface area contributed by atoms with E-state index >= 15 is 0 Å². The van der Waals surface area contributed by atoms with Crippen LogP contribution in [0.15, 0.2) is 71.8 Å². The van der Waals surface area contributed by atoms with Crippen LogP contribution in [0.5, 0.6) is 11.5 Å². The number of hydrogen-bond donors (Lipinski definition) is 2. The van der Waals surface area contributed by atoms with Crippen molar-refractivity contribution in [1.82, 2.24) is 0 Å². The van der Waals surface area contributed by atoms with Crippen LogP contribution in [0.4, 0.5) is 0 Å². The van der Waals surface area contributed by atoms with Crippen LogP contribution in [0.25, 0.3) is 0 Å². The molecule has 2 aromatic rings. The molecule has 2 radical (unpaired) electrons. The molecular formula is C46H72O2SiZr-4. The van der Waals surface area contributed by atoms with Crippen molar-refractivity contribution in [2.24, 2.45) is 22.7 Å². The predicted molar refractivity (Wildman–Crippen MR) is 220 cm³/mol. The molecule has 50 heavy (non-hydrogen) atoms. The molecule has 0 fully saturated rings. The third-order valence-electron chi connectivity index (χ3n) is 7.51. The standard InChI is InChI=1S/2C11H16O.2C10H15.2C2H5.Si.Zr/c2*1-8-5-6-10(12)9(7-8)11(2,3)4;2*1-8-5-6-9(7-8)10(2,3)4;2*1-2;;/h2*5-7,12H,1-4H3;2*6-8H,1-4H3;2*1H2,2H3;;/q;;4*-1;;. The van der Waals surface area contributed by atoms with E-state index in [9.17, 15) is 10.2 Å². The van der Waals surface area contributed by atoms with Gasteiger partial charge in [0.15, 0.2) is 0 Å². The van der Waals surface area contributed by atoms with Crippen LogP contribution in [0.1, 0.15) is 133 Å². The molecule has 2 unspecified atom stereocenters. The van der Waals surface area contributed by atoms with Crippen molar-refractivity contribution in [1.29, 1.82) is 0 Å². The number of phenols is 2. The predicted octanol–water partition coefficient (Wildman–Crippen LogP) is 13.2. The van der Waals surface area contributed by atoms with Gasteiger partial charge < -0.3 is 24.1 Å². The number of rotatable bonds is 0. The zero-order valence-electron chi connectivity index (χ0n) is 35.2. The minimum absolute atomic E-state index is 0.0239. The summed E-state index contributed by atoms with van der Waals surface area (Å²) in [6.45, 7) is 47.4. The van der Waals surface area contributed by atoms with Gasteiger partial charge in [0.05, 0.1) is 0 Å². The van der Waals surface area contributed by atoms with Crippen LogP contribution in [-0.2, 0) is 34.2 Å². The SMILES string of the molecule is CC1[C-]=CC(C(C)(C)C)=C1.CC1[C-]=CC(C(C)(C)C)=C1.Cc1ccc(O)c(C(C)(C)C)c1.Cc1ccc(O)c(C(C)(C)C)c1.[CH2-]C.[CH2-]C.[Si]=[Zr]. The molecule has 0 aromatic heterocycles. The number of benzene rings is 2. The van der Waals surface area contributed by atoms with Gasteiger partial charge >= 0.3 is 30.2 Å². The van der Waals surface area contributed by atoms with Gasteiger partial charge in [0.2, 0.25) is 0 Å². The van der Waals surface area contributed by atoms with Crippen LogP contribution < -0.4 is 0 Å². The molecule has 0 saturated heterocycles. The van der Waals surface area contributed by atoms with Gasteiger partial charge in [-0.05, 0) is 47.9 Å². The van der Waals surface area contributed by atoms with E-state index in [1.807, 2.05) is 38.1 Å². The molecule has 2 nitrogen and oxygen atoms in total. The van der Waals surface area contributed by atoms with Gasteiger partial charge in [-0.15, -0.1) is 0 Å². The van der Waals surface area contributed by atoms with Gasteiger partial charge in [-0.2, -0.15) is 37.1 Å². The Bertz CT molecular complexity index is 1260. The molecule has 4 heteroatoms. The molecule has 2 aliphatic rings. The first-order valence-electron chi connectivity index (χ1n) is 17.7. The molecule has 0 spiro atoms. The molecule has 0 amide bonds. The number of allylic oxidation sites excluding steroid dienone is 8. The average Bonchev–Trinajstić information content (AvgIpc) is 3.67. The number of aromatic hydroxyl groups is 2. The van der Waals surface area contributed by atoms with E-state index in [2.05, 4.69) is 154 Å². The summed E-state index contributed by atoms with van der Waals surface area (Å²) in [4.78, 5) is 0. The summed E-state index contributed by atoms with van der Waals surface area (Å²) in [5.74, 6) is 1.84. The van der Waals surface area contributed by atoms with E-state index in [0.29, 0.717) is 34.2 Å². The maximum absolute atomic E-state index is 9.57. The Morgan fingerprint density at radius 3 is 0.940 bits per heavy atom. The third kappa shape index (κ3) is 21.5. The van der Waals surface area contributed by atoms with Gasteiger partial charge in [-0.3, -0.25) is 12.2 Å². The summed E-state index contributed by atoms with van der Waals surface area (Å²) in [6, 6.07) is 11.4. The van der Waals surface area contributed by atoms with Crippen LogP contribution in [-0.4, -0.2) is 17.1 Å². The second-order valence-corrected chi connectivity index (χ2v) is 16.5. The fraction of sp³-hybridized carbons (Fsp3) is 0.522. The van der Waals surface area contributed by atoms with Crippen LogP contribution in [0, 0.1) is 62.5 Å². The Labute approximate surface area is 328 Å². The van der Waals surface area contributed by atoms with Crippen molar-refractivity contribution in [3.05, 3.63) is 120 Å². The average molecular weight is 776 g/mol. The van der Waals surface area contributed by atoms with E-state index < -0.39 is 0 Å². The summed E-state index contributed by atoms with van der Waals surface area (Å²) >= 11 is 1.36. The first-order valence-corrected chi connectivity index (χ1v) is 21.9. The van der Waals surface area contributed by atoms with Crippen molar-refractivity contribution < 1.29 is 33.5 Å². The van der Waals surface area contributed by atoms with Crippen LogP contribution in [0.2, 0.25) is 0 Å². The molecule has 0 bridgehead atoms. The van der Waals surface area contributed by atoms with Crippen molar-refractivity contribution in [2.75, 3.05) is 0 Å². The van der Waals surface area contributed by atoms with Crippen LogP contribution >= 0.6 is 0 Å². The number of phenolic OH excluding ortho intramolecular Hbond substituents is 2. The number of hydrogen-bond acceptors (Lipinski definition) is 2. The molecule has 2 aliphatic carbocycles. The molecule has 280 valence electrons. The van der Waals surface area contributed by atoms with Gasteiger partial charge in [-0.25, -0.2) is 12.2 Å². The molecule has 0 saturated carbocycles. The van der Waals surface area contributed by atoms with E-state index in [0.717, 1.165) is 11.1 Å². The van der Waals surface area contributed by atoms with E-state index in [1.165, 1.54) is 45.6 Å². The summed E-state index contributed by atoms with van der Waals surface area (Å²) in [6.07, 6.45) is 15.3.